The summed E-state index contributed by atoms with van der Waals surface area (Å²) in [6.07, 6.45) is 17.4. The minimum atomic E-state index is -0.689. The number of aliphatic hydroxyl groups excluding tert-OH is 1. The van der Waals surface area contributed by atoms with Crippen LogP contribution in [-0.4, -0.2) is 71.2 Å². The molecular formula is C18H36BaO3. The van der Waals surface area contributed by atoms with Crippen LogP contribution in [0.2, 0.25) is 0 Å². The fraction of sp³-hybridized carbons (Fsp3) is 0.833. The van der Waals surface area contributed by atoms with Crippen LogP contribution < -0.4 is 0 Å². The third-order valence-electron chi connectivity index (χ3n) is 3.73. The minimum absolute atomic E-state index is 0. The van der Waals surface area contributed by atoms with Crippen molar-refractivity contribution in [3.8, 4) is 0 Å². The first-order valence-electron chi connectivity index (χ1n) is 8.71. The van der Waals surface area contributed by atoms with Gasteiger partial charge < -0.3 is 10.2 Å². The van der Waals surface area contributed by atoms with E-state index in [0.29, 0.717) is 6.42 Å². The molecule has 2 N–H and O–H groups in total. The molecule has 0 spiro atoms. The number of carboxylic acid groups (broad SMARTS) is 1. The van der Waals surface area contributed by atoms with Crippen LogP contribution >= 0.6 is 0 Å². The number of aliphatic carboxylic acids is 1. The van der Waals surface area contributed by atoms with Gasteiger partial charge in [0.05, 0.1) is 6.10 Å². The van der Waals surface area contributed by atoms with E-state index in [9.17, 15) is 9.90 Å². The van der Waals surface area contributed by atoms with Gasteiger partial charge in [-0.2, -0.15) is 0 Å². The van der Waals surface area contributed by atoms with E-state index < -0.39 is 5.97 Å². The number of allylic oxidation sites excluding steroid dienone is 1. The van der Waals surface area contributed by atoms with Crippen molar-refractivity contribution in [2.24, 2.45) is 0 Å². The third kappa shape index (κ3) is 20.7. The number of unbranched alkanes of at least 4 members (excludes halogenated alkanes) is 8. The van der Waals surface area contributed by atoms with Crippen LogP contribution in [0.15, 0.2) is 12.2 Å². The molecule has 22 heavy (non-hydrogen) atoms. The van der Waals surface area contributed by atoms with Crippen molar-refractivity contribution in [2.45, 2.75) is 96.5 Å². The quantitative estimate of drug-likeness (QED) is 0.230. The fourth-order valence-electron chi connectivity index (χ4n) is 2.36. The zero-order valence-electron chi connectivity index (χ0n) is 13.7. The van der Waals surface area contributed by atoms with Crippen molar-refractivity contribution in [3.63, 3.8) is 0 Å². The van der Waals surface area contributed by atoms with Crippen molar-refractivity contribution >= 4 is 54.9 Å². The van der Waals surface area contributed by atoms with Crippen LogP contribution in [0, 0.1) is 0 Å². The van der Waals surface area contributed by atoms with E-state index in [1.807, 2.05) is 0 Å². The molecule has 0 amide bonds. The van der Waals surface area contributed by atoms with Crippen molar-refractivity contribution < 1.29 is 15.0 Å². The number of aliphatic hydroxyl groups is 1. The monoisotopic (exact) mass is 438 g/mol. The molecule has 0 aromatic heterocycles. The second-order valence-electron chi connectivity index (χ2n) is 5.91. The fourth-order valence-corrected chi connectivity index (χ4v) is 2.36. The summed E-state index contributed by atoms with van der Waals surface area (Å²) in [5.74, 6) is -0.689. The first-order valence-corrected chi connectivity index (χ1v) is 8.71. The predicted molar refractivity (Wildman–Crippen MR) is 97.0 cm³/mol. The average molecular weight is 438 g/mol. The van der Waals surface area contributed by atoms with Gasteiger partial charge in [-0.15, -0.1) is 0 Å². The summed E-state index contributed by atoms with van der Waals surface area (Å²) < 4.78 is 0. The Morgan fingerprint density at radius 3 is 2.27 bits per heavy atom. The number of hydrogen-bond acceptors (Lipinski definition) is 2. The molecule has 0 aliphatic rings. The molecule has 0 aromatic carbocycles. The standard InChI is InChI=1S/C18H34O3.Ba.2H/c1-2-3-4-11-14-17(19)15-12-9-7-5-6-8-10-13-16-18(20)21;;;/h9,12,17,19H,2-8,10-11,13-16H2,1H3,(H,20,21);;;/b12-9-;;;. The molecule has 0 rings (SSSR count). The SMILES string of the molecule is CCCCCCC(O)C/C=C\CCCCCCCC(=O)O.[BaH2]. The van der Waals surface area contributed by atoms with Gasteiger partial charge in [0, 0.05) is 6.42 Å². The average Bonchev–Trinajstić information content (AvgIpc) is 2.45. The van der Waals surface area contributed by atoms with E-state index in [2.05, 4.69) is 19.1 Å². The number of carbonyl (C=O) groups is 1. The van der Waals surface area contributed by atoms with Crippen molar-refractivity contribution in [1.29, 1.82) is 0 Å². The van der Waals surface area contributed by atoms with E-state index in [0.717, 1.165) is 51.4 Å². The van der Waals surface area contributed by atoms with Gasteiger partial charge >= 0.3 is 54.9 Å². The van der Waals surface area contributed by atoms with Crippen LogP contribution in [-0.2, 0) is 4.79 Å². The molecule has 0 aliphatic carbocycles. The van der Waals surface area contributed by atoms with E-state index >= 15 is 0 Å². The van der Waals surface area contributed by atoms with Gasteiger partial charge in [-0.25, -0.2) is 0 Å². The van der Waals surface area contributed by atoms with Gasteiger partial charge in [0.1, 0.15) is 0 Å². The molecule has 3 nitrogen and oxygen atoms in total. The predicted octanol–water partition coefficient (Wildman–Crippen LogP) is 4.16. The Morgan fingerprint density at radius 1 is 0.955 bits per heavy atom. The summed E-state index contributed by atoms with van der Waals surface area (Å²) in [7, 11) is 0. The van der Waals surface area contributed by atoms with Crippen LogP contribution in [0.1, 0.15) is 90.4 Å². The van der Waals surface area contributed by atoms with Crippen molar-refractivity contribution in [1.82, 2.24) is 0 Å². The second-order valence-corrected chi connectivity index (χ2v) is 5.91. The molecule has 1 unspecified atom stereocenters. The van der Waals surface area contributed by atoms with E-state index in [1.54, 1.807) is 0 Å². The first-order chi connectivity index (χ1) is 10.2. The molecule has 0 radical (unpaired) electrons. The molecule has 0 aromatic rings. The summed E-state index contributed by atoms with van der Waals surface area (Å²) in [6, 6.07) is 0. The van der Waals surface area contributed by atoms with Gasteiger partial charge in [-0.1, -0.05) is 64.0 Å². The molecule has 0 heterocycles. The molecule has 0 bridgehead atoms. The van der Waals surface area contributed by atoms with Crippen LogP contribution in [0.4, 0.5) is 0 Å². The van der Waals surface area contributed by atoms with E-state index in [-0.39, 0.29) is 55.0 Å². The van der Waals surface area contributed by atoms with Crippen LogP contribution in [0.3, 0.4) is 0 Å². The first kappa shape index (κ1) is 25.0. The number of carboxylic acids is 1. The Morgan fingerprint density at radius 2 is 1.59 bits per heavy atom. The zero-order valence-corrected chi connectivity index (χ0v) is 13.7. The van der Waals surface area contributed by atoms with Crippen molar-refractivity contribution in [2.75, 3.05) is 0 Å². The molecular weight excluding hydrogens is 402 g/mol. The summed E-state index contributed by atoms with van der Waals surface area (Å²) in [5, 5.41) is 18.3. The molecule has 0 saturated heterocycles. The Labute approximate surface area is 177 Å². The Hall–Kier alpha value is 0.741. The summed E-state index contributed by atoms with van der Waals surface area (Å²) in [4.78, 5) is 10.3. The molecule has 128 valence electrons. The maximum absolute atomic E-state index is 10.3. The Bertz CT molecular complexity index is 267. The Balaban J connectivity index is 0. The zero-order chi connectivity index (χ0) is 15.8. The van der Waals surface area contributed by atoms with Gasteiger partial charge in [-0.05, 0) is 32.1 Å². The number of rotatable bonds is 15. The molecule has 0 saturated carbocycles. The summed E-state index contributed by atoms with van der Waals surface area (Å²) >= 11 is 0. The summed E-state index contributed by atoms with van der Waals surface area (Å²) in [5.41, 5.74) is 0. The summed E-state index contributed by atoms with van der Waals surface area (Å²) in [6.45, 7) is 2.20. The normalized spacial score (nSPS) is 12.3. The maximum atomic E-state index is 10.3. The topological polar surface area (TPSA) is 57.5 Å². The van der Waals surface area contributed by atoms with E-state index in [4.69, 9.17) is 5.11 Å². The number of hydrogen-bond donors (Lipinski definition) is 2. The van der Waals surface area contributed by atoms with Gasteiger partial charge in [-0.3, -0.25) is 4.79 Å². The Kier molecular flexibility index (Phi) is 22.5. The van der Waals surface area contributed by atoms with Gasteiger partial charge in [0.2, 0.25) is 0 Å². The van der Waals surface area contributed by atoms with E-state index in [1.165, 1.54) is 25.7 Å². The van der Waals surface area contributed by atoms with Gasteiger partial charge in [0.15, 0.2) is 0 Å². The molecule has 1 atom stereocenters. The molecule has 0 fully saturated rings. The second kappa shape index (κ2) is 19.8. The van der Waals surface area contributed by atoms with Gasteiger partial charge in [0.25, 0.3) is 0 Å². The molecule has 4 heteroatoms. The molecule has 0 aliphatic heterocycles. The third-order valence-corrected chi connectivity index (χ3v) is 3.73. The van der Waals surface area contributed by atoms with Crippen molar-refractivity contribution in [3.05, 3.63) is 12.2 Å². The van der Waals surface area contributed by atoms with Crippen LogP contribution in [0.5, 0.6) is 0 Å². The van der Waals surface area contributed by atoms with Crippen LogP contribution in [0.25, 0.3) is 0 Å².